The Morgan fingerprint density at radius 2 is 1.88 bits per heavy atom. The maximum Gasteiger partial charge on any atom is 0.252 e. The van der Waals surface area contributed by atoms with Gasteiger partial charge in [-0.15, -0.1) is 0 Å². The van der Waals surface area contributed by atoms with Crippen molar-refractivity contribution in [3.8, 4) is 0 Å². The lowest BCUT2D eigenvalue weighted by Gasteiger charge is -2.07. The first kappa shape index (κ1) is 16.5. The molecule has 0 bridgehead atoms. The van der Waals surface area contributed by atoms with Crippen molar-refractivity contribution in [1.82, 2.24) is 15.6 Å². The lowest BCUT2D eigenvalue weighted by molar-refractivity contribution is -0.122. The standard InChI is InChI=1S/C18H18ClN3O2/c19-14-5-3-12(4-6-14)15-10-16(15)18(24)22-9-8-21-17(23)13-2-1-7-20-11-13/h1-7,11,15-16H,8-10H2,(H,21,23)(H,22,24). The van der Waals surface area contributed by atoms with E-state index in [1.54, 1.807) is 18.3 Å². The molecule has 1 fully saturated rings. The molecule has 0 saturated heterocycles. The number of aromatic nitrogens is 1. The molecule has 2 aromatic rings. The topological polar surface area (TPSA) is 71.1 Å². The van der Waals surface area contributed by atoms with Crippen LogP contribution < -0.4 is 10.6 Å². The molecule has 1 aliphatic carbocycles. The maximum atomic E-state index is 12.1. The second-order valence-corrected chi connectivity index (χ2v) is 6.23. The van der Waals surface area contributed by atoms with Crippen LogP contribution in [0.1, 0.15) is 28.3 Å². The highest BCUT2D eigenvalue weighted by Crippen LogP contribution is 2.47. The summed E-state index contributed by atoms with van der Waals surface area (Å²) in [5.41, 5.74) is 1.65. The molecular weight excluding hydrogens is 326 g/mol. The van der Waals surface area contributed by atoms with E-state index in [9.17, 15) is 9.59 Å². The van der Waals surface area contributed by atoms with Crippen LogP contribution in [-0.2, 0) is 4.79 Å². The first-order valence-electron chi connectivity index (χ1n) is 7.86. The van der Waals surface area contributed by atoms with Crippen LogP contribution >= 0.6 is 11.6 Å². The summed E-state index contributed by atoms with van der Waals surface area (Å²) < 4.78 is 0. The van der Waals surface area contributed by atoms with Crippen LogP contribution in [0, 0.1) is 5.92 Å². The van der Waals surface area contributed by atoms with Crippen LogP contribution in [0.3, 0.4) is 0 Å². The first-order chi connectivity index (χ1) is 11.6. The van der Waals surface area contributed by atoms with Gasteiger partial charge in [0.25, 0.3) is 5.91 Å². The van der Waals surface area contributed by atoms with Gasteiger partial charge in [0.2, 0.25) is 5.91 Å². The average molecular weight is 344 g/mol. The van der Waals surface area contributed by atoms with Gasteiger partial charge in [-0.3, -0.25) is 14.6 Å². The molecule has 2 unspecified atom stereocenters. The number of rotatable bonds is 6. The van der Waals surface area contributed by atoms with E-state index < -0.39 is 0 Å². The summed E-state index contributed by atoms with van der Waals surface area (Å²) in [6.45, 7) is 0.798. The number of pyridine rings is 1. The monoisotopic (exact) mass is 343 g/mol. The van der Waals surface area contributed by atoms with E-state index in [0.29, 0.717) is 23.7 Å². The third-order valence-electron chi connectivity index (χ3n) is 4.06. The Balaban J connectivity index is 1.38. The normalized spacial score (nSPS) is 18.7. The van der Waals surface area contributed by atoms with E-state index in [1.165, 1.54) is 6.20 Å². The zero-order valence-corrected chi connectivity index (χ0v) is 13.8. The molecule has 6 heteroatoms. The van der Waals surface area contributed by atoms with E-state index in [-0.39, 0.29) is 23.7 Å². The van der Waals surface area contributed by atoms with Gasteiger partial charge in [-0.1, -0.05) is 23.7 Å². The lowest BCUT2D eigenvalue weighted by Crippen LogP contribution is -2.35. The molecule has 3 rings (SSSR count). The van der Waals surface area contributed by atoms with E-state index >= 15 is 0 Å². The van der Waals surface area contributed by atoms with E-state index in [4.69, 9.17) is 11.6 Å². The first-order valence-corrected chi connectivity index (χ1v) is 8.24. The van der Waals surface area contributed by atoms with Crippen LogP contribution in [0.15, 0.2) is 48.8 Å². The van der Waals surface area contributed by atoms with Gasteiger partial charge < -0.3 is 10.6 Å². The molecule has 0 spiro atoms. The lowest BCUT2D eigenvalue weighted by atomic mass is 10.1. The summed E-state index contributed by atoms with van der Waals surface area (Å²) in [6.07, 6.45) is 3.98. The van der Waals surface area contributed by atoms with Crippen LogP contribution in [0.4, 0.5) is 0 Å². The average Bonchev–Trinajstić information content (AvgIpc) is 3.40. The molecule has 24 heavy (non-hydrogen) atoms. The molecule has 124 valence electrons. The Morgan fingerprint density at radius 3 is 2.58 bits per heavy atom. The number of carbonyl (C=O) groups is 2. The van der Waals surface area contributed by atoms with Crippen molar-refractivity contribution in [3.63, 3.8) is 0 Å². The Bertz CT molecular complexity index is 719. The molecule has 0 radical (unpaired) electrons. The third-order valence-corrected chi connectivity index (χ3v) is 4.31. The quantitative estimate of drug-likeness (QED) is 0.791. The molecule has 5 nitrogen and oxygen atoms in total. The fraction of sp³-hybridized carbons (Fsp3) is 0.278. The SMILES string of the molecule is O=C(NCCNC(=O)C1CC1c1ccc(Cl)cc1)c1cccnc1. The zero-order valence-electron chi connectivity index (χ0n) is 13.0. The van der Waals surface area contributed by atoms with Crippen molar-refractivity contribution in [2.24, 2.45) is 5.92 Å². The number of amides is 2. The summed E-state index contributed by atoms with van der Waals surface area (Å²) in [6, 6.07) is 11.0. The smallest absolute Gasteiger partial charge is 0.252 e. The van der Waals surface area contributed by atoms with Gasteiger partial charge in [-0.2, -0.15) is 0 Å². The van der Waals surface area contributed by atoms with Crippen LogP contribution in [0.5, 0.6) is 0 Å². The number of hydrogen-bond donors (Lipinski definition) is 2. The highest BCUT2D eigenvalue weighted by atomic mass is 35.5. The highest BCUT2D eigenvalue weighted by molar-refractivity contribution is 6.30. The molecule has 1 saturated carbocycles. The van der Waals surface area contributed by atoms with Crippen LogP contribution in [0.2, 0.25) is 5.02 Å². The summed E-state index contributed by atoms with van der Waals surface area (Å²) >= 11 is 5.87. The van der Waals surface area contributed by atoms with Gasteiger partial charge in [0, 0.05) is 36.4 Å². The molecule has 2 atom stereocenters. The molecule has 1 heterocycles. The van der Waals surface area contributed by atoms with Crippen molar-refractivity contribution < 1.29 is 9.59 Å². The molecule has 0 aliphatic heterocycles. The second kappa shape index (κ2) is 7.45. The predicted molar refractivity (Wildman–Crippen MR) is 91.9 cm³/mol. The molecule has 2 N–H and O–H groups in total. The van der Waals surface area contributed by atoms with E-state index in [1.807, 2.05) is 24.3 Å². The summed E-state index contributed by atoms with van der Waals surface area (Å²) in [5.74, 6) is 0.126. The molecular formula is C18H18ClN3O2. The number of nitrogens with one attached hydrogen (secondary N) is 2. The van der Waals surface area contributed by atoms with Crippen LogP contribution in [0.25, 0.3) is 0 Å². The van der Waals surface area contributed by atoms with Crippen molar-refractivity contribution in [3.05, 3.63) is 64.9 Å². The fourth-order valence-electron chi connectivity index (χ4n) is 2.66. The minimum absolute atomic E-state index is 0.0141. The van der Waals surface area contributed by atoms with Gasteiger partial charge in [-0.05, 0) is 42.2 Å². The van der Waals surface area contributed by atoms with Crippen molar-refractivity contribution in [2.45, 2.75) is 12.3 Å². The summed E-state index contributed by atoms with van der Waals surface area (Å²) in [5, 5.41) is 6.32. The maximum absolute atomic E-state index is 12.1. The van der Waals surface area contributed by atoms with Gasteiger partial charge in [0.15, 0.2) is 0 Å². The third kappa shape index (κ3) is 4.11. The number of hydrogen-bond acceptors (Lipinski definition) is 3. The minimum atomic E-state index is -0.192. The van der Waals surface area contributed by atoms with Gasteiger partial charge in [-0.25, -0.2) is 0 Å². The molecule has 1 aliphatic rings. The Kier molecular flexibility index (Phi) is 5.11. The molecule has 1 aromatic heterocycles. The number of nitrogens with zero attached hydrogens (tertiary/aromatic N) is 1. The summed E-state index contributed by atoms with van der Waals surface area (Å²) in [4.78, 5) is 27.8. The number of benzene rings is 1. The van der Waals surface area contributed by atoms with Crippen LogP contribution in [-0.4, -0.2) is 29.9 Å². The fourth-order valence-corrected chi connectivity index (χ4v) is 2.78. The minimum Gasteiger partial charge on any atom is -0.354 e. The summed E-state index contributed by atoms with van der Waals surface area (Å²) in [7, 11) is 0. The Labute approximate surface area is 145 Å². The Hall–Kier alpha value is -2.40. The molecule has 2 amide bonds. The van der Waals surface area contributed by atoms with Crippen molar-refractivity contribution in [1.29, 1.82) is 0 Å². The van der Waals surface area contributed by atoms with E-state index in [2.05, 4.69) is 15.6 Å². The largest absolute Gasteiger partial charge is 0.354 e. The zero-order chi connectivity index (χ0) is 16.9. The highest BCUT2D eigenvalue weighted by Gasteiger charge is 2.43. The van der Waals surface area contributed by atoms with Gasteiger partial charge >= 0.3 is 0 Å². The van der Waals surface area contributed by atoms with E-state index in [0.717, 1.165) is 12.0 Å². The number of carbonyl (C=O) groups excluding carboxylic acids is 2. The second-order valence-electron chi connectivity index (χ2n) is 5.79. The van der Waals surface area contributed by atoms with Crippen molar-refractivity contribution in [2.75, 3.05) is 13.1 Å². The van der Waals surface area contributed by atoms with Gasteiger partial charge in [0.05, 0.1) is 5.56 Å². The van der Waals surface area contributed by atoms with Gasteiger partial charge in [0.1, 0.15) is 0 Å². The number of halogens is 1. The van der Waals surface area contributed by atoms with Crippen molar-refractivity contribution >= 4 is 23.4 Å². The molecule has 1 aromatic carbocycles. The predicted octanol–water partition coefficient (Wildman–Crippen LogP) is 2.38. The Morgan fingerprint density at radius 1 is 1.12 bits per heavy atom.